The van der Waals surface area contributed by atoms with Crippen LogP contribution in [0.2, 0.25) is 0 Å². The number of hydrogen-bond donors (Lipinski definition) is 0. The van der Waals surface area contributed by atoms with E-state index in [1.165, 1.54) is 12.1 Å². The fraction of sp³-hybridized carbons (Fsp3) is 0.419. The third kappa shape index (κ3) is 8.30. The van der Waals surface area contributed by atoms with Crippen molar-refractivity contribution in [2.24, 2.45) is 5.92 Å². The minimum Gasteiger partial charge on any atom is -0.484 e. The molecule has 1 aliphatic heterocycles. The van der Waals surface area contributed by atoms with Crippen molar-refractivity contribution in [1.29, 1.82) is 0 Å². The quantitative estimate of drug-likeness (QED) is 0.186. The molecule has 3 aromatic rings. The van der Waals surface area contributed by atoms with Crippen LogP contribution in [0.5, 0.6) is 5.75 Å². The minimum absolute atomic E-state index is 0.157. The Hall–Kier alpha value is -2.90. The topological polar surface area (TPSA) is 27.7 Å². The maximum absolute atomic E-state index is 15.2. The minimum atomic E-state index is -4.37. The predicted octanol–water partition coefficient (Wildman–Crippen LogP) is 7.98. The van der Waals surface area contributed by atoms with Crippen LogP contribution >= 0.6 is 0 Å². The van der Waals surface area contributed by atoms with Crippen molar-refractivity contribution in [3.63, 3.8) is 0 Å². The first-order chi connectivity index (χ1) is 18.3. The summed E-state index contributed by atoms with van der Waals surface area (Å²) in [5.41, 5.74) is 2.62. The SMILES string of the molecule is C/C=C/CCC1COC(CCc2ccc3c(F)c(CCc4ccc(OCC(F)(F)F)cc4)ccc3c2)OC1. The number of ether oxygens (including phenoxy) is 3. The molecule has 0 saturated carbocycles. The zero-order valence-electron chi connectivity index (χ0n) is 21.6. The molecule has 0 unspecified atom stereocenters. The van der Waals surface area contributed by atoms with E-state index in [-0.39, 0.29) is 17.9 Å². The van der Waals surface area contributed by atoms with Gasteiger partial charge in [-0.2, -0.15) is 13.2 Å². The van der Waals surface area contributed by atoms with Gasteiger partial charge in [0.1, 0.15) is 11.6 Å². The molecule has 0 radical (unpaired) electrons. The third-order valence-corrected chi connectivity index (χ3v) is 6.79. The van der Waals surface area contributed by atoms with Gasteiger partial charge in [0.25, 0.3) is 0 Å². The van der Waals surface area contributed by atoms with Gasteiger partial charge in [-0.15, -0.1) is 0 Å². The van der Waals surface area contributed by atoms with Crippen LogP contribution in [0.15, 0.2) is 66.7 Å². The zero-order valence-corrected chi connectivity index (χ0v) is 21.6. The van der Waals surface area contributed by atoms with Crippen molar-refractivity contribution in [3.8, 4) is 5.75 Å². The number of rotatable bonds is 11. The summed E-state index contributed by atoms with van der Waals surface area (Å²) in [7, 11) is 0. The van der Waals surface area contributed by atoms with Crippen LogP contribution in [0.1, 0.15) is 42.9 Å². The van der Waals surface area contributed by atoms with Gasteiger partial charge in [-0.05, 0) is 73.2 Å². The van der Waals surface area contributed by atoms with Crippen molar-refractivity contribution in [2.75, 3.05) is 19.8 Å². The van der Waals surface area contributed by atoms with Crippen molar-refractivity contribution in [3.05, 3.63) is 89.3 Å². The van der Waals surface area contributed by atoms with Crippen LogP contribution in [-0.2, 0) is 28.7 Å². The lowest BCUT2D eigenvalue weighted by Gasteiger charge is -2.29. The highest BCUT2D eigenvalue weighted by molar-refractivity contribution is 5.84. The molecule has 0 aliphatic carbocycles. The predicted molar refractivity (Wildman–Crippen MR) is 141 cm³/mol. The van der Waals surface area contributed by atoms with Gasteiger partial charge in [0.2, 0.25) is 0 Å². The normalized spacial score (nSPS) is 18.3. The fourth-order valence-electron chi connectivity index (χ4n) is 4.63. The molecule has 38 heavy (non-hydrogen) atoms. The van der Waals surface area contributed by atoms with Gasteiger partial charge in [-0.3, -0.25) is 0 Å². The molecule has 7 heteroatoms. The molecular weight excluding hydrogens is 496 g/mol. The second-order valence-electron chi connectivity index (χ2n) is 9.79. The Morgan fingerprint density at radius 3 is 2.34 bits per heavy atom. The first-order valence-corrected chi connectivity index (χ1v) is 13.1. The van der Waals surface area contributed by atoms with Gasteiger partial charge in [0.15, 0.2) is 12.9 Å². The molecule has 204 valence electrons. The van der Waals surface area contributed by atoms with Gasteiger partial charge in [0.05, 0.1) is 13.2 Å². The average Bonchev–Trinajstić information content (AvgIpc) is 2.91. The highest BCUT2D eigenvalue weighted by Gasteiger charge is 2.28. The van der Waals surface area contributed by atoms with Crippen LogP contribution in [-0.4, -0.2) is 32.3 Å². The monoisotopic (exact) mass is 530 g/mol. The summed E-state index contributed by atoms with van der Waals surface area (Å²) in [5.74, 6) is 0.365. The first kappa shape index (κ1) is 28.1. The third-order valence-electron chi connectivity index (χ3n) is 6.79. The van der Waals surface area contributed by atoms with Crippen LogP contribution in [0.3, 0.4) is 0 Å². The lowest BCUT2D eigenvalue weighted by Crippen LogP contribution is -2.32. The molecule has 0 bridgehead atoms. The molecule has 1 saturated heterocycles. The summed E-state index contributed by atoms with van der Waals surface area (Å²) < 4.78 is 68.7. The Morgan fingerprint density at radius 2 is 1.63 bits per heavy atom. The van der Waals surface area contributed by atoms with E-state index in [9.17, 15) is 13.2 Å². The summed E-state index contributed by atoms with van der Waals surface area (Å²) in [6.07, 6.45) is 4.37. The smallest absolute Gasteiger partial charge is 0.422 e. The van der Waals surface area contributed by atoms with E-state index in [1.807, 2.05) is 37.3 Å². The largest absolute Gasteiger partial charge is 0.484 e. The Bertz CT molecular complexity index is 1200. The molecule has 3 aromatic carbocycles. The Kier molecular flexibility index (Phi) is 9.80. The van der Waals surface area contributed by atoms with Gasteiger partial charge >= 0.3 is 6.18 Å². The van der Waals surface area contributed by atoms with Gasteiger partial charge in [-0.1, -0.05) is 54.6 Å². The van der Waals surface area contributed by atoms with E-state index < -0.39 is 12.8 Å². The zero-order chi connectivity index (χ0) is 27.0. The number of halogens is 4. The molecule has 0 amide bonds. The summed E-state index contributed by atoms with van der Waals surface area (Å²) in [5, 5.41) is 1.43. The van der Waals surface area contributed by atoms with Crippen molar-refractivity contribution in [2.45, 2.75) is 57.9 Å². The summed E-state index contributed by atoms with van der Waals surface area (Å²) in [6, 6.07) is 16.0. The standard InChI is InChI=1S/C31H34F4O3/c1-2-3-4-5-24-19-36-29(37-20-24)17-10-23-9-16-28-26(18-23)13-12-25(30(28)32)11-6-22-7-14-27(15-8-22)38-21-31(33,34)35/h2-3,7-9,12-16,18,24,29H,4-6,10-11,17,19-21H2,1H3/b3-2+. The lowest BCUT2D eigenvalue weighted by atomic mass is 9.98. The maximum Gasteiger partial charge on any atom is 0.422 e. The van der Waals surface area contributed by atoms with Crippen LogP contribution in [0, 0.1) is 11.7 Å². The van der Waals surface area contributed by atoms with Crippen LogP contribution in [0.25, 0.3) is 10.8 Å². The van der Waals surface area contributed by atoms with Gasteiger partial charge in [-0.25, -0.2) is 4.39 Å². The highest BCUT2D eigenvalue weighted by atomic mass is 19.4. The molecular formula is C31H34F4O3. The molecule has 3 nitrogen and oxygen atoms in total. The van der Waals surface area contributed by atoms with E-state index in [0.717, 1.165) is 55.4 Å². The van der Waals surface area contributed by atoms with Crippen molar-refractivity contribution in [1.82, 2.24) is 0 Å². The van der Waals surface area contributed by atoms with Crippen LogP contribution < -0.4 is 4.74 Å². The second-order valence-corrected chi connectivity index (χ2v) is 9.79. The highest BCUT2D eigenvalue weighted by Crippen LogP contribution is 2.26. The van der Waals surface area contributed by atoms with Crippen LogP contribution in [0.4, 0.5) is 17.6 Å². The summed E-state index contributed by atoms with van der Waals surface area (Å²) >= 11 is 0. The van der Waals surface area contributed by atoms with E-state index in [2.05, 4.69) is 12.2 Å². The van der Waals surface area contributed by atoms with Crippen molar-refractivity contribution < 1.29 is 31.8 Å². The number of alkyl halides is 3. The van der Waals surface area contributed by atoms with E-state index >= 15 is 4.39 Å². The summed E-state index contributed by atoms with van der Waals surface area (Å²) in [4.78, 5) is 0. The fourth-order valence-corrected chi connectivity index (χ4v) is 4.63. The molecule has 1 heterocycles. The second kappa shape index (κ2) is 13.3. The molecule has 4 rings (SSSR count). The number of allylic oxidation sites excluding steroid dienone is 2. The molecule has 0 spiro atoms. The number of benzene rings is 3. The molecule has 1 fully saturated rings. The number of hydrogen-bond acceptors (Lipinski definition) is 3. The van der Waals surface area contributed by atoms with Crippen molar-refractivity contribution >= 4 is 10.8 Å². The molecule has 0 atom stereocenters. The van der Waals surface area contributed by atoms with E-state index in [0.29, 0.717) is 29.7 Å². The number of aryl methyl sites for hydroxylation is 3. The van der Waals surface area contributed by atoms with Gasteiger partial charge in [0, 0.05) is 17.7 Å². The average molecular weight is 531 g/mol. The molecule has 1 aliphatic rings. The molecule has 0 N–H and O–H groups in total. The lowest BCUT2D eigenvalue weighted by molar-refractivity contribution is -0.203. The van der Waals surface area contributed by atoms with E-state index in [1.54, 1.807) is 12.1 Å². The summed E-state index contributed by atoms with van der Waals surface area (Å²) in [6.45, 7) is 2.16. The Morgan fingerprint density at radius 1 is 0.895 bits per heavy atom. The Balaban J connectivity index is 1.28. The van der Waals surface area contributed by atoms with Gasteiger partial charge < -0.3 is 14.2 Å². The van der Waals surface area contributed by atoms with E-state index in [4.69, 9.17) is 14.2 Å². The maximum atomic E-state index is 15.2. The Labute approximate surface area is 221 Å². The first-order valence-electron chi connectivity index (χ1n) is 13.1. The molecule has 0 aromatic heterocycles. The number of fused-ring (bicyclic) bond motifs is 1.